The van der Waals surface area contributed by atoms with Gasteiger partial charge in [0.2, 0.25) is 0 Å². The van der Waals surface area contributed by atoms with E-state index >= 15 is 0 Å². The van der Waals surface area contributed by atoms with Crippen LogP contribution in [-0.4, -0.2) is 16.8 Å². The standard InChI is InChI=1S/C12H13BrClN3/c1-15-12(11-3-4-16-17(11)2)8-5-9(13)7-10(14)6-8/h3-7,12,15H,1-2H3. The summed E-state index contributed by atoms with van der Waals surface area (Å²) in [7, 11) is 3.85. The van der Waals surface area contributed by atoms with Crippen molar-refractivity contribution in [3.05, 3.63) is 51.2 Å². The Morgan fingerprint density at radius 3 is 2.71 bits per heavy atom. The van der Waals surface area contributed by atoms with Crippen molar-refractivity contribution in [2.75, 3.05) is 7.05 Å². The summed E-state index contributed by atoms with van der Waals surface area (Å²) >= 11 is 9.53. The van der Waals surface area contributed by atoms with E-state index in [2.05, 4.69) is 32.4 Å². The van der Waals surface area contributed by atoms with Gasteiger partial charge in [-0.2, -0.15) is 5.10 Å². The summed E-state index contributed by atoms with van der Waals surface area (Å²) in [4.78, 5) is 0. The average Bonchev–Trinajstić information content (AvgIpc) is 2.65. The van der Waals surface area contributed by atoms with Crippen molar-refractivity contribution in [1.82, 2.24) is 15.1 Å². The summed E-state index contributed by atoms with van der Waals surface area (Å²) in [6.45, 7) is 0. The molecule has 1 atom stereocenters. The molecule has 2 rings (SSSR count). The van der Waals surface area contributed by atoms with E-state index in [1.54, 1.807) is 6.20 Å². The fourth-order valence-electron chi connectivity index (χ4n) is 1.89. The molecule has 0 radical (unpaired) electrons. The molecule has 1 aromatic carbocycles. The number of aromatic nitrogens is 2. The second-order valence-corrected chi connectivity index (χ2v) is 5.16. The minimum atomic E-state index is 0.0810. The van der Waals surface area contributed by atoms with Gasteiger partial charge in [0.25, 0.3) is 0 Å². The molecular weight excluding hydrogens is 302 g/mol. The Kier molecular flexibility index (Phi) is 3.86. The number of aryl methyl sites for hydroxylation is 1. The van der Waals surface area contributed by atoms with Crippen molar-refractivity contribution in [2.24, 2.45) is 7.05 Å². The van der Waals surface area contributed by atoms with Crippen molar-refractivity contribution in [1.29, 1.82) is 0 Å². The second-order valence-electron chi connectivity index (χ2n) is 3.80. The molecule has 1 unspecified atom stereocenters. The van der Waals surface area contributed by atoms with Gasteiger partial charge in [0.05, 0.1) is 11.7 Å². The number of hydrogen-bond donors (Lipinski definition) is 1. The zero-order chi connectivity index (χ0) is 12.4. The molecule has 90 valence electrons. The first-order valence-electron chi connectivity index (χ1n) is 5.23. The van der Waals surface area contributed by atoms with E-state index in [1.807, 2.05) is 37.0 Å². The Labute approximate surface area is 114 Å². The molecule has 0 bridgehead atoms. The molecule has 0 aliphatic rings. The zero-order valence-corrected chi connectivity index (χ0v) is 12.0. The van der Waals surface area contributed by atoms with Gasteiger partial charge in [-0.05, 0) is 36.9 Å². The van der Waals surface area contributed by atoms with E-state index in [0.717, 1.165) is 20.8 Å². The van der Waals surface area contributed by atoms with E-state index in [-0.39, 0.29) is 6.04 Å². The van der Waals surface area contributed by atoms with Gasteiger partial charge in [0, 0.05) is 22.7 Å². The molecule has 0 aliphatic carbocycles. The number of benzene rings is 1. The van der Waals surface area contributed by atoms with Crippen LogP contribution in [0, 0.1) is 0 Å². The molecule has 1 heterocycles. The molecule has 0 spiro atoms. The van der Waals surface area contributed by atoms with Crippen LogP contribution >= 0.6 is 27.5 Å². The Hall–Kier alpha value is -0.840. The first-order valence-corrected chi connectivity index (χ1v) is 6.40. The van der Waals surface area contributed by atoms with Gasteiger partial charge in [-0.25, -0.2) is 0 Å². The largest absolute Gasteiger partial charge is 0.308 e. The highest BCUT2D eigenvalue weighted by Gasteiger charge is 2.16. The molecule has 1 N–H and O–H groups in total. The number of nitrogens with one attached hydrogen (secondary N) is 1. The second kappa shape index (κ2) is 5.21. The molecule has 0 saturated carbocycles. The monoisotopic (exact) mass is 313 g/mol. The Morgan fingerprint density at radius 1 is 1.41 bits per heavy atom. The van der Waals surface area contributed by atoms with Crippen molar-refractivity contribution in [3.8, 4) is 0 Å². The normalized spacial score (nSPS) is 12.7. The van der Waals surface area contributed by atoms with Gasteiger partial charge >= 0.3 is 0 Å². The van der Waals surface area contributed by atoms with Crippen molar-refractivity contribution in [2.45, 2.75) is 6.04 Å². The molecule has 1 aromatic heterocycles. The molecule has 0 saturated heterocycles. The van der Waals surface area contributed by atoms with E-state index in [4.69, 9.17) is 11.6 Å². The maximum atomic E-state index is 6.07. The molecule has 3 nitrogen and oxygen atoms in total. The van der Waals surface area contributed by atoms with Crippen LogP contribution in [0.1, 0.15) is 17.3 Å². The highest BCUT2D eigenvalue weighted by atomic mass is 79.9. The Morgan fingerprint density at radius 2 is 2.18 bits per heavy atom. The van der Waals surface area contributed by atoms with Crippen LogP contribution in [0.25, 0.3) is 0 Å². The summed E-state index contributed by atoms with van der Waals surface area (Å²) in [6, 6.07) is 7.97. The average molecular weight is 315 g/mol. The predicted octanol–water partition coefficient (Wildman–Crippen LogP) is 3.14. The van der Waals surface area contributed by atoms with Crippen molar-refractivity contribution < 1.29 is 0 Å². The third-order valence-electron chi connectivity index (χ3n) is 2.66. The third-order valence-corrected chi connectivity index (χ3v) is 3.34. The maximum absolute atomic E-state index is 6.07. The maximum Gasteiger partial charge on any atom is 0.0746 e. The predicted molar refractivity (Wildman–Crippen MR) is 73.3 cm³/mol. The molecule has 0 fully saturated rings. The zero-order valence-electron chi connectivity index (χ0n) is 9.61. The Balaban J connectivity index is 2.45. The van der Waals surface area contributed by atoms with Crippen LogP contribution in [0.5, 0.6) is 0 Å². The summed E-state index contributed by atoms with van der Waals surface area (Å²) in [5, 5.41) is 8.18. The fourth-order valence-corrected chi connectivity index (χ4v) is 2.78. The molecule has 17 heavy (non-hydrogen) atoms. The van der Waals surface area contributed by atoms with Crippen LogP contribution in [0.15, 0.2) is 34.9 Å². The van der Waals surface area contributed by atoms with E-state index < -0.39 is 0 Å². The molecular formula is C12H13BrClN3. The van der Waals surface area contributed by atoms with Crippen LogP contribution in [0.4, 0.5) is 0 Å². The van der Waals surface area contributed by atoms with Gasteiger partial charge in [0.15, 0.2) is 0 Å². The lowest BCUT2D eigenvalue weighted by Gasteiger charge is -2.17. The van der Waals surface area contributed by atoms with E-state index in [0.29, 0.717) is 0 Å². The van der Waals surface area contributed by atoms with Crippen LogP contribution in [0.2, 0.25) is 5.02 Å². The molecule has 5 heteroatoms. The van der Waals surface area contributed by atoms with Gasteiger partial charge in [0.1, 0.15) is 0 Å². The van der Waals surface area contributed by atoms with E-state index in [1.165, 1.54) is 0 Å². The lowest BCUT2D eigenvalue weighted by molar-refractivity contribution is 0.606. The topological polar surface area (TPSA) is 29.9 Å². The Bertz CT molecular complexity index is 504. The molecule has 0 amide bonds. The quantitative estimate of drug-likeness (QED) is 0.943. The fraction of sp³-hybridized carbons (Fsp3) is 0.250. The summed E-state index contributed by atoms with van der Waals surface area (Å²) < 4.78 is 2.83. The minimum absolute atomic E-state index is 0.0810. The third kappa shape index (κ3) is 2.70. The highest BCUT2D eigenvalue weighted by molar-refractivity contribution is 9.10. The van der Waals surface area contributed by atoms with E-state index in [9.17, 15) is 0 Å². The number of halogens is 2. The summed E-state index contributed by atoms with van der Waals surface area (Å²) in [6.07, 6.45) is 1.79. The SMILES string of the molecule is CNC(c1cc(Cl)cc(Br)c1)c1ccnn1C. The van der Waals surface area contributed by atoms with Crippen LogP contribution < -0.4 is 5.32 Å². The summed E-state index contributed by atoms with van der Waals surface area (Å²) in [5.74, 6) is 0. The minimum Gasteiger partial charge on any atom is -0.308 e. The lowest BCUT2D eigenvalue weighted by Crippen LogP contribution is -2.20. The highest BCUT2D eigenvalue weighted by Crippen LogP contribution is 2.27. The van der Waals surface area contributed by atoms with Gasteiger partial charge in [-0.3, -0.25) is 4.68 Å². The number of nitrogens with zero attached hydrogens (tertiary/aromatic N) is 2. The van der Waals surface area contributed by atoms with Crippen LogP contribution in [-0.2, 0) is 7.05 Å². The van der Waals surface area contributed by atoms with Crippen molar-refractivity contribution in [3.63, 3.8) is 0 Å². The number of rotatable bonds is 3. The van der Waals surface area contributed by atoms with Gasteiger partial charge < -0.3 is 5.32 Å². The lowest BCUT2D eigenvalue weighted by atomic mass is 10.0. The smallest absolute Gasteiger partial charge is 0.0746 e. The number of hydrogen-bond acceptors (Lipinski definition) is 2. The first kappa shape index (κ1) is 12.6. The molecule has 2 aromatic rings. The van der Waals surface area contributed by atoms with Crippen molar-refractivity contribution >= 4 is 27.5 Å². The first-order chi connectivity index (χ1) is 8.11. The molecule has 0 aliphatic heterocycles. The van der Waals surface area contributed by atoms with Crippen LogP contribution in [0.3, 0.4) is 0 Å². The summed E-state index contributed by atoms with van der Waals surface area (Å²) in [5.41, 5.74) is 2.21. The van der Waals surface area contributed by atoms with Gasteiger partial charge in [-0.1, -0.05) is 27.5 Å². The van der Waals surface area contributed by atoms with Gasteiger partial charge in [-0.15, -0.1) is 0 Å².